The molecule has 0 amide bonds. The Balaban J connectivity index is 2.17. The zero-order chi connectivity index (χ0) is 10.7. The van der Waals surface area contributed by atoms with E-state index in [-0.39, 0.29) is 0 Å². The molecule has 2 rings (SSSR count). The summed E-state index contributed by atoms with van der Waals surface area (Å²) < 4.78 is 5.61. The minimum absolute atomic E-state index is 0.636. The Kier molecular flexibility index (Phi) is 3.38. The second-order valence-corrected chi connectivity index (χ2v) is 4.41. The molecule has 0 spiro atoms. The average molecular weight is 243 g/mol. The standard InChI is InChI=1S/C10H11ClN2OS/c1-7-10(15-6-13-7)8-5-12-9(14-8)3-2-4-11/h5-6H,2-4H2,1H3. The molecule has 0 radical (unpaired) electrons. The van der Waals surface area contributed by atoms with Crippen LogP contribution in [0.3, 0.4) is 0 Å². The van der Waals surface area contributed by atoms with Crippen LogP contribution in [-0.2, 0) is 6.42 Å². The van der Waals surface area contributed by atoms with Gasteiger partial charge in [-0.1, -0.05) is 0 Å². The van der Waals surface area contributed by atoms with Gasteiger partial charge in [-0.05, 0) is 13.3 Å². The molecule has 0 bridgehead atoms. The number of hydrogen-bond acceptors (Lipinski definition) is 4. The van der Waals surface area contributed by atoms with Crippen molar-refractivity contribution in [2.24, 2.45) is 0 Å². The summed E-state index contributed by atoms with van der Waals surface area (Å²) in [7, 11) is 0. The van der Waals surface area contributed by atoms with Crippen LogP contribution >= 0.6 is 22.9 Å². The van der Waals surface area contributed by atoms with Gasteiger partial charge in [0.05, 0.1) is 22.3 Å². The fourth-order valence-corrected chi connectivity index (χ4v) is 2.17. The normalized spacial score (nSPS) is 10.8. The average Bonchev–Trinajstić information content (AvgIpc) is 2.83. The van der Waals surface area contributed by atoms with Gasteiger partial charge in [0.15, 0.2) is 11.7 Å². The van der Waals surface area contributed by atoms with Gasteiger partial charge < -0.3 is 4.42 Å². The molecule has 0 aliphatic carbocycles. The summed E-state index contributed by atoms with van der Waals surface area (Å²) in [6.07, 6.45) is 3.44. The highest BCUT2D eigenvalue weighted by Crippen LogP contribution is 2.27. The molecule has 80 valence electrons. The van der Waals surface area contributed by atoms with E-state index in [2.05, 4.69) is 9.97 Å². The van der Waals surface area contributed by atoms with E-state index < -0.39 is 0 Å². The summed E-state index contributed by atoms with van der Waals surface area (Å²) in [6, 6.07) is 0. The van der Waals surface area contributed by atoms with Crippen molar-refractivity contribution in [1.29, 1.82) is 0 Å². The maximum atomic E-state index is 5.61. The van der Waals surface area contributed by atoms with Crippen LogP contribution < -0.4 is 0 Å². The third kappa shape index (κ3) is 2.38. The van der Waals surface area contributed by atoms with Gasteiger partial charge in [0, 0.05) is 12.3 Å². The zero-order valence-electron chi connectivity index (χ0n) is 8.36. The number of rotatable bonds is 4. The SMILES string of the molecule is Cc1ncsc1-c1cnc(CCCCl)o1. The highest BCUT2D eigenvalue weighted by atomic mass is 35.5. The molecule has 0 fully saturated rings. The molecule has 2 heterocycles. The molecule has 0 atom stereocenters. The fourth-order valence-electron chi connectivity index (χ4n) is 1.29. The van der Waals surface area contributed by atoms with E-state index in [1.54, 1.807) is 17.5 Å². The Morgan fingerprint density at radius 3 is 3.00 bits per heavy atom. The molecule has 0 aromatic carbocycles. The molecule has 5 heteroatoms. The Morgan fingerprint density at radius 1 is 1.47 bits per heavy atom. The lowest BCUT2D eigenvalue weighted by atomic mass is 10.3. The summed E-state index contributed by atoms with van der Waals surface area (Å²) in [5.41, 5.74) is 2.80. The first-order chi connectivity index (χ1) is 7.31. The number of nitrogens with zero attached hydrogens (tertiary/aromatic N) is 2. The molecule has 0 unspecified atom stereocenters. The first kappa shape index (κ1) is 10.6. The number of hydrogen-bond donors (Lipinski definition) is 0. The van der Waals surface area contributed by atoms with Crippen LogP contribution in [-0.4, -0.2) is 15.8 Å². The second-order valence-electron chi connectivity index (χ2n) is 3.18. The van der Waals surface area contributed by atoms with Crippen LogP contribution in [0.15, 0.2) is 16.1 Å². The van der Waals surface area contributed by atoms with Crippen molar-refractivity contribution in [3.05, 3.63) is 23.3 Å². The molecule has 0 saturated carbocycles. The molecule has 0 N–H and O–H groups in total. The van der Waals surface area contributed by atoms with Crippen LogP contribution in [0.25, 0.3) is 10.6 Å². The van der Waals surface area contributed by atoms with Crippen LogP contribution in [0.1, 0.15) is 18.0 Å². The lowest BCUT2D eigenvalue weighted by Gasteiger charge is -1.92. The van der Waals surface area contributed by atoms with E-state index in [9.17, 15) is 0 Å². The van der Waals surface area contributed by atoms with Gasteiger partial charge in [-0.25, -0.2) is 9.97 Å². The Bertz CT molecular complexity index is 438. The number of alkyl halides is 1. The number of aromatic nitrogens is 2. The van der Waals surface area contributed by atoms with Gasteiger partial charge in [-0.15, -0.1) is 22.9 Å². The summed E-state index contributed by atoms with van der Waals surface area (Å²) >= 11 is 7.17. The van der Waals surface area contributed by atoms with Crippen LogP contribution in [0.5, 0.6) is 0 Å². The lowest BCUT2D eigenvalue weighted by molar-refractivity contribution is 0.504. The molecular weight excluding hydrogens is 232 g/mol. The number of halogens is 1. The summed E-state index contributed by atoms with van der Waals surface area (Å²) in [5, 5.41) is 0. The summed E-state index contributed by atoms with van der Waals surface area (Å²) in [6.45, 7) is 1.97. The monoisotopic (exact) mass is 242 g/mol. The summed E-state index contributed by atoms with van der Waals surface area (Å²) in [4.78, 5) is 9.43. The fraction of sp³-hybridized carbons (Fsp3) is 0.400. The Morgan fingerprint density at radius 2 is 2.33 bits per heavy atom. The van der Waals surface area contributed by atoms with Crippen molar-refractivity contribution in [2.75, 3.05) is 5.88 Å². The molecule has 2 aromatic heterocycles. The molecule has 0 aliphatic heterocycles. The topological polar surface area (TPSA) is 38.9 Å². The van der Waals surface area contributed by atoms with Crippen molar-refractivity contribution in [3.8, 4) is 10.6 Å². The number of aryl methyl sites for hydroxylation is 2. The van der Waals surface area contributed by atoms with E-state index in [0.717, 1.165) is 35.1 Å². The molecule has 2 aromatic rings. The van der Waals surface area contributed by atoms with Crippen LogP contribution in [0, 0.1) is 6.92 Å². The van der Waals surface area contributed by atoms with Gasteiger partial charge >= 0.3 is 0 Å². The Labute approximate surface area is 97.1 Å². The first-order valence-electron chi connectivity index (χ1n) is 4.72. The predicted octanol–water partition coefficient (Wildman–Crippen LogP) is 3.28. The number of oxazole rings is 1. The maximum Gasteiger partial charge on any atom is 0.194 e. The maximum absolute atomic E-state index is 5.61. The predicted molar refractivity (Wildman–Crippen MR) is 61.4 cm³/mol. The minimum atomic E-state index is 0.636. The van der Waals surface area contributed by atoms with Gasteiger partial charge in [-0.2, -0.15) is 0 Å². The van der Waals surface area contributed by atoms with Crippen LogP contribution in [0.2, 0.25) is 0 Å². The Hall–Kier alpha value is -0.870. The van der Waals surface area contributed by atoms with E-state index in [4.69, 9.17) is 16.0 Å². The molecule has 0 saturated heterocycles. The van der Waals surface area contributed by atoms with Crippen molar-refractivity contribution in [2.45, 2.75) is 19.8 Å². The second kappa shape index (κ2) is 4.77. The van der Waals surface area contributed by atoms with E-state index in [0.29, 0.717) is 5.88 Å². The van der Waals surface area contributed by atoms with E-state index in [1.807, 2.05) is 12.4 Å². The third-order valence-corrected chi connectivity index (χ3v) is 3.26. The zero-order valence-corrected chi connectivity index (χ0v) is 9.94. The quantitative estimate of drug-likeness (QED) is 0.773. The molecular formula is C10H11ClN2OS. The van der Waals surface area contributed by atoms with E-state index in [1.165, 1.54) is 0 Å². The largest absolute Gasteiger partial charge is 0.440 e. The van der Waals surface area contributed by atoms with Crippen molar-refractivity contribution in [1.82, 2.24) is 9.97 Å². The van der Waals surface area contributed by atoms with Gasteiger partial charge in [0.1, 0.15) is 0 Å². The number of thiazole rings is 1. The third-order valence-electron chi connectivity index (χ3n) is 2.05. The molecule has 0 aliphatic rings. The van der Waals surface area contributed by atoms with Crippen molar-refractivity contribution < 1.29 is 4.42 Å². The first-order valence-corrected chi connectivity index (χ1v) is 6.14. The van der Waals surface area contributed by atoms with Gasteiger partial charge in [0.2, 0.25) is 0 Å². The van der Waals surface area contributed by atoms with Gasteiger partial charge in [-0.3, -0.25) is 0 Å². The van der Waals surface area contributed by atoms with E-state index >= 15 is 0 Å². The van der Waals surface area contributed by atoms with Crippen molar-refractivity contribution >= 4 is 22.9 Å². The van der Waals surface area contributed by atoms with Gasteiger partial charge in [0.25, 0.3) is 0 Å². The molecule has 3 nitrogen and oxygen atoms in total. The molecule has 15 heavy (non-hydrogen) atoms. The smallest absolute Gasteiger partial charge is 0.194 e. The van der Waals surface area contributed by atoms with Crippen molar-refractivity contribution in [3.63, 3.8) is 0 Å². The van der Waals surface area contributed by atoms with Crippen LogP contribution in [0.4, 0.5) is 0 Å². The minimum Gasteiger partial charge on any atom is -0.440 e. The lowest BCUT2D eigenvalue weighted by Crippen LogP contribution is -1.84. The highest BCUT2D eigenvalue weighted by molar-refractivity contribution is 7.13. The summed E-state index contributed by atoms with van der Waals surface area (Å²) in [5.74, 6) is 2.19. The highest BCUT2D eigenvalue weighted by Gasteiger charge is 2.10.